The zero-order chi connectivity index (χ0) is 14.8. The minimum absolute atomic E-state index is 0. The highest BCUT2D eigenvalue weighted by atomic mass is 35.5. The van der Waals surface area contributed by atoms with Crippen LogP contribution in [0.1, 0.15) is 18.5 Å². The number of carbonyl (C=O) groups excluding carboxylic acids is 1. The molecule has 0 bridgehead atoms. The third kappa shape index (κ3) is 3.26. The number of rotatable bonds is 4. The van der Waals surface area contributed by atoms with Crippen molar-refractivity contribution < 1.29 is 27.8 Å². The SMILES string of the molecule is CCOC(=O)C(F)(F)[C@H](N)c1ccc(F)c(N)c1O.Cl. The van der Waals surface area contributed by atoms with Crippen molar-refractivity contribution in [3.8, 4) is 5.75 Å². The summed E-state index contributed by atoms with van der Waals surface area (Å²) in [6.45, 7) is 1.10. The summed E-state index contributed by atoms with van der Waals surface area (Å²) in [6, 6.07) is -0.598. The molecule has 1 rings (SSSR count). The zero-order valence-electron chi connectivity index (χ0n) is 10.4. The zero-order valence-corrected chi connectivity index (χ0v) is 11.2. The molecule has 0 aliphatic rings. The van der Waals surface area contributed by atoms with E-state index >= 15 is 0 Å². The van der Waals surface area contributed by atoms with E-state index in [0.717, 1.165) is 12.1 Å². The first-order chi connectivity index (χ1) is 8.73. The second kappa shape index (κ2) is 6.67. The van der Waals surface area contributed by atoms with E-state index < -0.39 is 40.8 Å². The molecule has 5 N–H and O–H groups in total. The Kier molecular flexibility index (Phi) is 6.11. The molecule has 0 radical (unpaired) electrons. The molecular weight excluding hydrogens is 301 g/mol. The molecule has 0 heterocycles. The third-order valence-corrected chi connectivity index (χ3v) is 2.47. The molecule has 114 valence electrons. The van der Waals surface area contributed by atoms with E-state index in [4.69, 9.17) is 11.5 Å². The summed E-state index contributed by atoms with van der Waals surface area (Å²) in [6.07, 6.45) is 0. The molecule has 0 saturated carbocycles. The minimum Gasteiger partial charge on any atom is -0.505 e. The number of carbonyl (C=O) groups is 1. The van der Waals surface area contributed by atoms with Crippen LogP contribution in [0.25, 0.3) is 0 Å². The minimum atomic E-state index is -4.07. The summed E-state index contributed by atoms with van der Waals surface area (Å²) in [4.78, 5) is 11.1. The van der Waals surface area contributed by atoms with Crippen LogP contribution in [0.3, 0.4) is 0 Å². The fraction of sp³-hybridized carbons (Fsp3) is 0.364. The van der Waals surface area contributed by atoms with Gasteiger partial charge in [0.2, 0.25) is 0 Å². The number of hydrogen-bond donors (Lipinski definition) is 3. The van der Waals surface area contributed by atoms with E-state index in [0.29, 0.717) is 0 Å². The molecule has 0 aromatic heterocycles. The first-order valence-electron chi connectivity index (χ1n) is 5.30. The summed E-state index contributed by atoms with van der Waals surface area (Å²) < 4.78 is 44.5. The van der Waals surface area contributed by atoms with Gasteiger partial charge in [-0.25, -0.2) is 9.18 Å². The molecule has 5 nitrogen and oxygen atoms in total. The Morgan fingerprint density at radius 1 is 1.50 bits per heavy atom. The molecule has 1 aromatic rings. The van der Waals surface area contributed by atoms with Crippen LogP contribution < -0.4 is 11.5 Å². The number of nitrogen functional groups attached to an aromatic ring is 1. The molecule has 0 aliphatic carbocycles. The van der Waals surface area contributed by atoms with Crippen molar-refractivity contribution in [1.82, 2.24) is 0 Å². The average Bonchev–Trinajstić information content (AvgIpc) is 2.35. The maximum absolute atomic E-state index is 13.7. The third-order valence-electron chi connectivity index (χ3n) is 2.47. The highest BCUT2D eigenvalue weighted by molar-refractivity contribution is 5.85. The number of phenolic OH excluding ortho intramolecular Hbond substituents is 1. The first-order valence-corrected chi connectivity index (χ1v) is 5.30. The lowest BCUT2D eigenvalue weighted by atomic mass is 9.99. The number of ether oxygens (including phenoxy) is 1. The number of nitrogens with two attached hydrogens (primary N) is 2. The van der Waals surface area contributed by atoms with Crippen LogP contribution in [0.2, 0.25) is 0 Å². The van der Waals surface area contributed by atoms with Crippen LogP contribution in [0, 0.1) is 5.82 Å². The van der Waals surface area contributed by atoms with Gasteiger partial charge in [0.15, 0.2) is 0 Å². The number of hydrogen-bond acceptors (Lipinski definition) is 5. The predicted molar refractivity (Wildman–Crippen MR) is 68.2 cm³/mol. The lowest BCUT2D eigenvalue weighted by molar-refractivity contribution is -0.174. The summed E-state index contributed by atoms with van der Waals surface area (Å²) in [5.41, 5.74) is 9.13. The number of phenols is 1. The quantitative estimate of drug-likeness (QED) is 0.446. The summed E-state index contributed by atoms with van der Waals surface area (Å²) in [5, 5.41) is 9.49. The van der Waals surface area contributed by atoms with Crippen molar-refractivity contribution >= 4 is 24.1 Å². The smallest absolute Gasteiger partial charge is 0.379 e. The standard InChI is InChI=1S/C11H13F3N2O3.ClH/c1-2-19-10(18)11(13,14)9(16)5-3-4-6(12)7(15)8(5)17;/h3-4,9,17H,2,15-16H2,1H3;1H/t9-;/m1./s1. The molecule has 9 heteroatoms. The summed E-state index contributed by atoms with van der Waals surface area (Å²) in [7, 11) is 0. The maximum Gasteiger partial charge on any atom is 0.379 e. The van der Waals surface area contributed by atoms with E-state index in [1.807, 2.05) is 0 Å². The van der Waals surface area contributed by atoms with Crippen molar-refractivity contribution in [3.63, 3.8) is 0 Å². The molecule has 1 atom stereocenters. The topological polar surface area (TPSA) is 98.6 Å². The lowest BCUT2D eigenvalue weighted by Crippen LogP contribution is -2.41. The number of halogens is 4. The molecule has 0 unspecified atom stereocenters. The normalized spacial score (nSPS) is 12.4. The summed E-state index contributed by atoms with van der Waals surface area (Å²) >= 11 is 0. The molecule has 0 saturated heterocycles. The highest BCUT2D eigenvalue weighted by Gasteiger charge is 2.48. The molecule has 0 amide bonds. The fourth-order valence-corrected chi connectivity index (χ4v) is 1.40. The van der Waals surface area contributed by atoms with Gasteiger partial charge in [0.05, 0.1) is 6.61 Å². The number of anilines is 1. The Morgan fingerprint density at radius 3 is 2.55 bits per heavy atom. The first kappa shape index (κ1) is 18.3. The van der Waals surface area contributed by atoms with Crippen molar-refractivity contribution in [2.45, 2.75) is 18.9 Å². The fourth-order valence-electron chi connectivity index (χ4n) is 1.40. The van der Waals surface area contributed by atoms with E-state index in [2.05, 4.69) is 4.74 Å². The molecule has 0 spiro atoms. The maximum atomic E-state index is 13.7. The van der Waals surface area contributed by atoms with Crippen LogP contribution in [-0.4, -0.2) is 23.6 Å². The van der Waals surface area contributed by atoms with Gasteiger partial charge in [-0.15, -0.1) is 12.4 Å². The van der Waals surface area contributed by atoms with E-state index in [-0.39, 0.29) is 19.0 Å². The number of benzene rings is 1. The Hall–Kier alpha value is -1.67. The van der Waals surface area contributed by atoms with Crippen molar-refractivity contribution in [2.75, 3.05) is 12.3 Å². The second-order valence-electron chi connectivity index (χ2n) is 3.72. The van der Waals surface area contributed by atoms with Gasteiger partial charge in [-0.2, -0.15) is 8.78 Å². The second-order valence-corrected chi connectivity index (χ2v) is 3.72. The monoisotopic (exact) mass is 314 g/mol. The van der Waals surface area contributed by atoms with Gasteiger partial charge >= 0.3 is 11.9 Å². The van der Waals surface area contributed by atoms with Gasteiger partial charge in [0.25, 0.3) is 0 Å². The summed E-state index contributed by atoms with van der Waals surface area (Å²) in [5.74, 6) is -7.80. The van der Waals surface area contributed by atoms with Crippen molar-refractivity contribution in [2.24, 2.45) is 5.73 Å². The molecule has 0 aliphatic heterocycles. The van der Waals surface area contributed by atoms with Crippen LogP contribution in [0.4, 0.5) is 18.9 Å². The van der Waals surface area contributed by atoms with Gasteiger partial charge in [-0.05, 0) is 13.0 Å². The highest BCUT2D eigenvalue weighted by Crippen LogP contribution is 2.38. The van der Waals surface area contributed by atoms with E-state index in [1.54, 1.807) is 0 Å². The average molecular weight is 315 g/mol. The number of alkyl halides is 2. The van der Waals surface area contributed by atoms with Crippen LogP contribution in [0.15, 0.2) is 12.1 Å². The van der Waals surface area contributed by atoms with Gasteiger partial charge in [-0.3, -0.25) is 0 Å². The van der Waals surface area contributed by atoms with Crippen LogP contribution in [0.5, 0.6) is 5.75 Å². The van der Waals surface area contributed by atoms with Crippen LogP contribution in [-0.2, 0) is 9.53 Å². The van der Waals surface area contributed by atoms with E-state index in [9.17, 15) is 23.1 Å². The molecular formula is C11H14ClF3N2O3. The van der Waals surface area contributed by atoms with Gasteiger partial charge in [0.1, 0.15) is 23.3 Å². The Labute approximate surface area is 119 Å². The Morgan fingerprint density at radius 2 is 2.05 bits per heavy atom. The molecule has 0 fully saturated rings. The van der Waals surface area contributed by atoms with Gasteiger partial charge < -0.3 is 21.3 Å². The Balaban J connectivity index is 0.00000361. The van der Waals surface area contributed by atoms with Gasteiger partial charge in [0, 0.05) is 5.56 Å². The van der Waals surface area contributed by atoms with Crippen LogP contribution >= 0.6 is 12.4 Å². The number of esters is 1. The van der Waals surface area contributed by atoms with Gasteiger partial charge in [-0.1, -0.05) is 6.07 Å². The van der Waals surface area contributed by atoms with Crippen molar-refractivity contribution in [1.29, 1.82) is 0 Å². The molecule has 20 heavy (non-hydrogen) atoms. The van der Waals surface area contributed by atoms with Crippen molar-refractivity contribution in [3.05, 3.63) is 23.5 Å². The largest absolute Gasteiger partial charge is 0.505 e. The molecule has 1 aromatic carbocycles. The van der Waals surface area contributed by atoms with E-state index in [1.165, 1.54) is 6.92 Å². The Bertz CT molecular complexity index is 500. The predicted octanol–water partition coefficient (Wildman–Crippen LogP) is 1.73. The number of aromatic hydroxyl groups is 1. The lowest BCUT2D eigenvalue weighted by Gasteiger charge is -2.23.